The number of aromatic carboxylic acids is 1. The minimum absolute atomic E-state index is 0.00333. The van der Waals surface area contributed by atoms with E-state index in [4.69, 9.17) is 4.74 Å². The summed E-state index contributed by atoms with van der Waals surface area (Å²) >= 11 is 0. The molecule has 0 aliphatic heterocycles. The van der Waals surface area contributed by atoms with Crippen molar-refractivity contribution in [1.29, 1.82) is 0 Å². The Morgan fingerprint density at radius 1 is 1.24 bits per heavy atom. The van der Waals surface area contributed by atoms with E-state index in [-0.39, 0.29) is 11.6 Å². The van der Waals surface area contributed by atoms with E-state index in [1.807, 2.05) is 38.1 Å². The number of anilines is 1. The highest BCUT2D eigenvalue weighted by atomic mass is 16.5. The molecule has 0 saturated heterocycles. The summed E-state index contributed by atoms with van der Waals surface area (Å²) in [4.78, 5) is 11.3. The van der Waals surface area contributed by atoms with Crippen LogP contribution in [0, 0.1) is 6.92 Å². The van der Waals surface area contributed by atoms with E-state index in [0.717, 1.165) is 11.1 Å². The average Bonchev–Trinajstić information content (AvgIpc) is 2.47. The zero-order valence-electron chi connectivity index (χ0n) is 12.4. The van der Waals surface area contributed by atoms with Crippen LogP contribution in [-0.4, -0.2) is 18.2 Å². The second kappa shape index (κ2) is 6.31. The Hall–Kier alpha value is -2.49. The quantitative estimate of drug-likeness (QED) is 0.875. The summed E-state index contributed by atoms with van der Waals surface area (Å²) < 4.78 is 5.17. The maximum absolute atomic E-state index is 11.3. The van der Waals surface area contributed by atoms with Crippen LogP contribution in [0.1, 0.15) is 34.5 Å². The lowest BCUT2D eigenvalue weighted by molar-refractivity contribution is 0.0698. The molecular formula is C17H19NO3. The molecule has 0 aliphatic rings. The van der Waals surface area contributed by atoms with Crippen molar-refractivity contribution in [1.82, 2.24) is 0 Å². The molecule has 0 amide bonds. The summed E-state index contributed by atoms with van der Waals surface area (Å²) in [5, 5.41) is 12.5. The maximum atomic E-state index is 11.3. The van der Waals surface area contributed by atoms with Gasteiger partial charge in [-0.05, 0) is 37.1 Å². The van der Waals surface area contributed by atoms with E-state index >= 15 is 0 Å². The van der Waals surface area contributed by atoms with Crippen molar-refractivity contribution in [2.24, 2.45) is 0 Å². The number of rotatable bonds is 5. The van der Waals surface area contributed by atoms with Crippen molar-refractivity contribution < 1.29 is 14.6 Å². The third kappa shape index (κ3) is 3.34. The number of carboxylic acid groups (broad SMARTS) is 1. The third-order valence-electron chi connectivity index (χ3n) is 3.48. The van der Waals surface area contributed by atoms with Crippen LogP contribution in [0.5, 0.6) is 5.75 Å². The van der Waals surface area contributed by atoms with Gasteiger partial charge in [0.2, 0.25) is 0 Å². The van der Waals surface area contributed by atoms with Gasteiger partial charge in [-0.15, -0.1) is 0 Å². The Labute approximate surface area is 124 Å². The van der Waals surface area contributed by atoms with Gasteiger partial charge in [0.15, 0.2) is 0 Å². The fourth-order valence-corrected chi connectivity index (χ4v) is 2.34. The van der Waals surface area contributed by atoms with Crippen molar-refractivity contribution in [3.63, 3.8) is 0 Å². The Balaban J connectivity index is 2.34. The number of carbonyl (C=O) groups is 1. The van der Waals surface area contributed by atoms with E-state index in [2.05, 4.69) is 5.32 Å². The van der Waals surface area contributed by atoms with E-state index in [0.29, 0.717) is 11.4 Å². The molecule has 0 fully saturated rings. The predicted octanol–water partition coefficient (Wildman–Crippen LogP) is 3.87. The molecule has 2 aromatic carbocycles. The van der Waals surface area contributed by atoms with Gasteiger partial charge in [-0.2, -0.15) is 0 Å². The minimum atomic E-state index is -0.961. The molecule has 0 heterocycles. The first-order chi connectivity index (χ1) is 10.0. The second-order valence-corrected chi connectivity index (χ2v) is 4.94. The average molecular weight is 285 g/mol. The molecule has 0 bridgehead atoms. The molecule has 21 heavy (non-hydrogen) atoms. The van der Waals surface area contributed by atoms with Gasteiger partial charge in [-0.25, -0.2) is 4.79 Å². The summed E-state index contributed by atoms with van der Waals surface area (Å²) in [5.41, 5.74) is 3.09. The number of benzene rings is 2. The minimum Gasteiger partial charge on any atom is -0.497 e. The smallest absolute Gasteiger partial charge is 0.337 e. The zero-order chi connectivity index (χ0) is 15.4. The highest BCUT2D eigenvalue weighted by Crippen LogP contribution is 2.27. The van der Waals surface area contributed by atoms with Crippen LogP contribution in [0.4, 0.5) is 5.69 Å². The fraction of sp³-hybridized carbons (Fsp3) is 0.235. The van der Waals surface area contributed by atoms with Crippen molar-refractivity contribution in [3.8, 4) is 5.75 Å². The van der Waals surface area contributed by atoms with Gasteiger partial charge in [0.1, 0.15) is 5.75 Å². The van der Waals surface area contributed by atoms with Crippen LogP contribution in [0.25, 0.3) is 0 Å². The first-order valence-electron chi connectivity index (χ1n) is 6.76. The van der Waals surface area contributed by atoms with Gasteiger partial charge in [0, 0.05) is 12.1 Å². The fourth-order valence-electron chi connectivity index (χ4n) is 2.34. The number of ether oxygens (including phenoxy) is 1. The number of methoxy groups -OCH3 is 1. The molecule has 0 spiro atoms. The lowest BCUT2D eigenvalue weighted by Gasteiger charge is -2.19. The van der Waals surface area contributed by atoms with E-state index in [1.54, 1.807) is 25.3 Å². The zero-order valence-corrected chi connectivity index (χ0v) is 12.4. The molecule has 0 aliphatic carbocycles. The third-order valence-corrected chi connectivity index (χ3v) is 3.48. The van der Waals surface area contributed by atoms with E-state index in [1.165, 1.54) is 0 Å². The van der Waals surface area contributed by atoms with Gasteiger partial charge in [-0.1, -0.05) is 24.3 Å². The lowest BCUT2D eigenvalue weighted by Crippen LogP contribution is -2.11. The monoisotopic (exact) mass is 285 g/mol. The number of nitrogens with one attached hydrogen (secondary N) is 1. The lowest BCUT2D eigenvalue weighted by atomic mass is 10.0. The summed E-state index contributed by atoms with van der Waals surface area (Å²) in [6.45, 7) is 4.05. The highest BCUT2D eigenvalue weighted by molar-refractivity contribution is 5.94. The molecule has 0 radical (unpaired) electrons. The van der Waals surface area contributed by atoms with Crippen molar-refractivity contribution in [3.05, 3.63) is 59.2 Å². The van der Waals surface area contributed by atoms with Crippen LogP contribution >= 0.6 is 0 Å². The van der Waals surface area contributed by atoms with Crippen molar-refractivity contribution >= 4 is 11.7 Å². The van der Waals surface area contributed by atoms with Crippen LogP contribution in [0.3, 0.4) is 0 Å². The summed E-state index contributed by atoms with van der Waals surface area (Å²) in [7, 11) is 1.56. The van der Waals surface area contributed by atoms with Crippen LogP contribution in [-0.2, 0) is 0 Å². The molecule has 110 valence electrons. The van der Waals surface area contributed by atoms with Crippen LogP contribution in [0.2, 0.25) is 0 Å². The molecular weight excluding hydrogens is 266 g/mol. The Morgan fingerprint density at radius 2 is 1.95 bits per heavy atom. The second-order valence-electron chi connectivity index (χ2n) is 4.94. The topological polar surface area (TPSA) is 58.6 Å². The summed E-state index contributed by atoms with van der Waals surface area (Å²) in [6, 6.07) is 12.9. The number of hydrogen-bond acceptors (Lipinski definition) is 3. The molecule has 2 N–H and O–H groups in total. The maximum Gasteiger partial charge on any atom is 0.337 e. The Morgan fingerprint density at radius 3 is 2.57 bits per heavy atom. The first-order valence-corrected chi connectivity index (χ1v) is 6.76. The number of carboxylic acids is 1. The molecule has 0 saturated carbocycles. The molecule has 0 aromatic heterocycles. The Kier molecular flexibility index (Phi) is 4.48. The molecule has 1 atom stereocenters. The normalized spacial score (nSPS) is 11.8. The van der Waals surface area contributed by atoms with E-state index in [9.17, 15) is 9.90 Å². The summed E-state index contributed by atoms with van der Waals surface area (Å²) in [5.74, 6) is -0.336. The van der Waals surface area contributed by atoms with Gasteiger partial charge < -0.3 is 15.2 Å². The number of hydrogen-bond donors (Lipinski definition) is 2. The van der Waals surface area contributed by atoms with Gasteiger partial charge >= 0.3 is 5.97 Å². The highest BCUT2D eigenvalue weighted by Gasteiger charge is 2.15. The van der Waals surface area contributed by atoms with Gasteiger partial charge in [-0.3, -0.25) is 0 Å². The summed E-state index contributed by atoms with van der Waals surface area (Å²) in [6.07, 6.45) is 0. The van der Waals surface area contributed by atoms with Crippen molar-refractivity contribution in [2.45, 2.75) is 19.9 Å². The first kappa shape index (κ1) is 14.9. The number of aryl methyl sites for hydroxylation is 1. The van der Waals surface area contributed by atoms with Gasteiger partial charge in [0.25, 0.3) is 0 Å². The van der Waals surface area contributed by atoms with Gasteiger partial charge in [0.05, 0.1) is 18.4 Å². The molecule has 4 heteroatoms. The molecule has 2 rings (SSSR count). The molecule has 2 aromatic rings. The molecule has 1 unspecified atom stereocenters. The SMILES string of the molecule is COc1ccc(C(=O)O)c(NC(C)c2ccccc2C)c1. The standard InChI is InChI=1S/C17H19NO3/c1-11-6-4-5-7-14(11)12(2)18-16-10-13(21-3)8-9-15(16)17(19)20/h4-10,12,18H,1-3H3,(H,19,20). The Bertz CT molecular complexity index is 652. The van der Waals surface area contributed by atoms with Crippen LogP contribution < -0.4 is 10.1 Å². The molecule has 4 nitrogen and oxygen atoms in total. The predicted molar refractivity (Wildman–Crippen MR) is 83.2 cm³/mol. The van der Waals surface area contributed by atoms with Crippen molar-refractivity contribution in [2.75, 3.05) is 12.4 Å². The largest absolute Gasteiger partial charge is 0.497 e. The van der Waals surface area contributed by atoms with E-state index < -0.39 is 5.97 Å². The van der Waals surface area contributed by atoms with Crippen LogP contribution in [0.15, 0.2) is 42.5 Å².